The molecule has 0 bridgehead atoms. The molecule has 0 unspecified atom stereocenters. The maximum atomic E-state index is 12.2. The van der Waals surface area contributed by atoms with Crippen LogP contribution >= 0.6 is 0 Å². The maximum absolute atomic E-state index is 12.2. The first-order chi connectivity index (χ1) is 10.3. The number of amides is 2. The van der Waals surface area contributed by atoms with Gasteiger partial charge in [-0.05, 0) is 32.9 Å². The Hall–Kier alpha value is -2.11. The molecular weight excluding hydrogens is 280 g/mol. The van der Waals surface area contributed by atoms with Crippen molar-refractivity contribution in [1.82, 2.24) is 10.2 Å². The maximum Gasteiger partial charge on any atom is 0.317 e. The standard InChI is InChI=1S/C16H26N4O2/c1-16(2,3)18-15(21)20-9-7-19(8-10-20)12-5-6-13(17)14(11-12)22-4/h5-6,11H,7-10,17H2,1-4H3,(H,18,21). The predicted molar refractivity (Wildman–Crippen MR) is 89.5 cm³/mol. The molecular formula is C16H26N4O2. The summed E-state index contributed by atoms with van der Waals surface area (Å²) in [5, 5.41) is 3.00. The normalized spacial score (nSPS) is 15.6. The number of rotatable bonds is 2. The number of urea groups is 1. The Labute approximate surface area is 132 Å². The lowest BCUT2D eigenvalue weighted by atomic mass is 10.1. The van der Waals surface area contributed by atoms with Crippen LogP contribution in [0.1, 0.15) is 20.8 Å². The van der Waals surface area contributed by atoms with Crippen molar-refractivity contribution in [2.24, 2.45) is 0 Å². The zero-order valence-electron chi connectivity index (χ0n) is 13.8. The van der Waals surface area contributed by atoms with E-state index in [1.54, 1.807) is 7.11 Å². The monoisotopic (exact) mass is 306 g/mol. The van der Waals surface area contributed by atoms with Crippen molar-refractivity contribution in [1.29, 1.82) is 0 Å². The molecule has 1 heterocycles. The van der Waals surface area contributed by atoms with Crippen LogP contribution in [0.2, 0.25) is 0 Å². The highest BCUT2D eigenvalue weighted by Gasteiger charge is 2.24. The van der Waals surface area contributed by atoms with Crippen LogP contribution in [0.3, 0.4) is 0 Å². The predicted octanol–water partition coefficient (Wildman–Crippen LogP) is 1.91. The van der Waals surface area contributed by atoms with Crippen LogP contribution in [0.15, 0.2) is 18.2 Å². The third-order valence-electron chi connectivity index (χ3n) is 3.63. The van der Waals surface area contributed by atoms with E-state index in [2.05, 4.69) is 10.2 Å². The van der Waals surface area contributed by atoms with E-state index in [9.17, 15) is 4.79 Å². The first-order valence-corrected chi connectivity index (χ1v) is 7.56. The number of hydrogen-bond acceptors (Lipinski definition) is 4. The SMILES string of the molecule is COc1cc(N2CCN(C(=O)NC(C)(C)C)CC2)ccc1N. The van der Waals surface area contributed by atoms with Crippen LogP contribution in [-0.4, -0.2) is 49.8 Å². The Balaban J connectivity index is 1.96. The number of benzene rings is 1. The number of piperazine rings is 1. The Morgan fingerprint density at radius 1 is 1.23 bits per heavy atom. The summed E-state index contributed by atoms with van der Waals surface area (Å²) < 4.78 is 5.26. The fourth-order valence-electron chi connectivity index (χ4n) is 2.46. The summed E-state index contributed by atoms with van der Waals surface area (Å²) in [7, 11) is 1.62. The first kappa shape index (κ1) is 16.3. The number of ether oxygens (including phenoxy) is 1. The number of nitrogen functional groups attached to an aromatic ring is 1. The summed E-state index contributed by atoms with van der Waals surface area (Å²) >= 11 is 0. The summed E-state index contributed by atoms with van der Waals surface area (Å²) in [6.07, 6.45) is 0. The molecule has 0 aromatic heterocycles. The topological polar surface area (TPSA) is 70.8 Å². The molecule has 6 heteroatoms. The molecule has 0 spiro atoms. The molecule has 0 radical (unpaired) electrons. The second-order valence-corrected chi connectivity index (χ2v) is 6.58. The van der Waals surface area contributed by atoms with Gasteiger partial charge in [0.15, 0.2) is 0 Å². The lowest BCUT2D eigenvalue weighted by Crippen LogP contribution is -2.55. The van der Waals surface area contributed by atoms with Gasteiger partial charge in [-0.1, -0.05) is 0 Å². The smallest absolute Gasteiger partial charge is 0.317 e. The highest BCUT2D eigenvalue weighted by Crippen LogP contribution is 2.28. The van der Waals surface area contributed by atoms with Gasteiger partial charge in [0.1, 0.15) is 5.75 Å². The Morgan fingerprint density at radius 3 is 2.41 bits per heavy atom. The number of nitrogens with zero attached hydrogens (tertiary/aromatic N) is 2. The zero-order chi connectivity index (χ0) is 16.3. The van der Waals surface area contributed by atoms with E-state index in [0.29, 0.717) is 24.5 Å². The number of nitrogens with one attached hydrogen (secondary N) is 1. The molecule has 2 amide bonds. The molecule has 0 atom stereocenters. The number of methoxy groups -OCH3 is 1. The van der Waals surface area contributed by atoms with E-state index < -0.39 is 0 Å². The highest BCUT2D eigenvalue weighted by atomic mass is 16.5. The van der Waals surface area contributed by atoms with Crippen molar-refractivity contribution in [3.8, 4) is 5.75 Å². The quantitative estimate of drug-likeness (QED) is 0.819. The first-order valence-electron chi connectivity index (χ1n) is 7.56. The van der Waals surface area contributed by atoms with Gasteiger partial charge in [-0.2, -0.15) is 0 Å². The van der Waals surface area contributed by atoms with Gasteiger partial charge in [0.25, 0.3) is 0 Å². The molecule has 22 heavy (non-hydrogen) atoms. The fourth-order valence-corrected chi connectivity index (χ4v) is 2.46. The molecule has 1 aromatic carbocycles. The summed E-state index contributed by atoms with van der Waals surface area (Å²) in [5.41, 5.74) is 7.34. The minimum Gasteiger partial charge on any atom is -0.495 e. The van der Waals surface area contributed by atoms with Gasteiger partial charge in [-0.25, -0.2) is 4.79 Å². The lowest BCUT2D eigenvalue weighted by Gasteiger charge is -2.37. The van der Waals surface area contributed by atoms with Crippen molar-refractivity contribution in [3.63, 3.8) is 0 Å². The van der Waals surface area contributed by atoms with E-state index in [0.717, 1.165) is 18.8 Å². The van der Waals surface area contributed by atoms with Crippen LogP contribution in [0.25, 0.3) is 0 Å². The minimum absolute atomic E-state index is 0.00189. The fraction of sp³-hybridized carbons (Fsp3) is 0.562. The third kappa shape index (κ3) is 3.96. The van der Waals surface area contributed by atoms with Crippen LogP contribution < -0.4 is 20.7 Å². The van der Waals surface area contributed by atoms with Crippen LogP contribution in [-0.2, 0) is 0 Å². The van der Waals surface area contributed by atoms with Gasteiger partial charge >= 0.3 is 6.03 Å². The largest absolute Gasteiger partial charge is 0.495 e. The van der Waals surface area contributed by atoms with E-state index >= 15 is 0 Å². The molecule has 6 nitrogen and oxygen atoms in total. The summed E-state index contributed by atoms with van der Waals surface area (Å²) in [5.74, 6) is 0.686. The molecule has 1 saturated heterocycles. The molecule has 2 rings (SSSR count). The van der Waals surface area contributed by atoms with E-state index in [1.165, 1.54) is 0 Å². The number of carbonyl (C=O) groups is 1. The lowest BCUT2D eigenvalue weighted by molar-refractivity contribution is 0.185. The molecule has 122 valence electrons. The average Bonchev–Trinajstić information content (AvgIpc) is 2.46. The second kappa shape index (κ2) is 6.34. The summed E-state index contributed by atoms with van der Waals surface area (Å²) in [6, 6.07) is 5.79. The van der Waals surface area contributed by atoms with Crippen molar-refractivity contribution < 1.29 is 9.53 Å². The van der Waals surface area contributed by atoms with Gasteiger partial charge in [-0.15, -0.1) is 0 Å². The van der Waals surface area contributed by atoms with Crippen molar-refractivity contribution in [2.75, 3.05) is 43.9 Å². The van der Waals surface area contributed by atoms with Crippen LogP contribution in [0, 0.1) is 0 Å². The molecule has 0 saturated carbocycles. The molecule has 1 aromatic rings. The van der Waals surface area contributed by atoms with E-state index in [1.807, 2.05) is 43.9 Å². The minimum atomic E-state index is -0.210. The van der Waals surface area contributed by atoms with Crippen LogP contribution in [0.4, 0.5) is 16.2 Å². The second-order valence-electron chi connectivity index (χ2n) is 6.58. The van der Waals surface area contributed by atoms with Crippen molar-refractivity contribution in [3.05, 3.63) is 18.2 Å². The Kier molecular flexibility index (Phi) is 4.68. The number of anilines is 2. The van der Waals surface area contributed by atoms with Crippen LogP contribution in [0.5, 0.6) is 5.75 Å². The molecule has 1 aliphatic rings. The van der Waals surface area contributed by atoms with Gasteiger partial charge in [0, 0.05) is 43.5 Å². The molecule has 1 fully saturated rings. The third-order valence-corrected chi connectivity index (χ3v) is 3.63. The number of hydrogen-bond donors (Lipinski definition) is 2. The van der Waals surface area contributed by atoms with Gasteiger partial charge in [-0.3, -0.25) is 0 Å². The molecule has 3 N–H and O–H groups in total. The van der Waals surface area contributed by atoms with E-state index in [4.69, 9.17) is 10.5 Å². The highest BCUT2D eigenvalue weighted by molar-refractivity contribution is 5.75. The van der Waals surface area contributed by atoms with Gasteiger partial charge in [0.05, 0.1) is 12.8 Å². The van der Waals surface area contributed by atoms with Crippen molar-refractivity contribution >= 4 is 17.4 Å². The van der Waals surface area contributed by atoms with Gasteiger partial charge < -0.3 is 25.6 Å². The summed E-state index contributed by atoms with van der Waals surface area (Å²) in [4.78, 5) is 16.3. The average molecular weight is 306 g/mol. The van der Waals surface area contributed by atoms with Gasteiger partial charge in [0.2, 0.25) is 0 Å². The number of carbonyl (C=O) groups excluding carboxylic acids is 1. The van der Waals surface area contributed by atoms with Crippen molar-refractivity contribution in [2.45, 2.75) is 26.3 Å². The molecule has 0 aliphatic carbocycles. The Morgan fingerprint density at radius 2 is 1.86 bits per heavy atom. The zero-order valence-corrected chi connectivity index (χ0v) is 13.8. The number of nitrogens with two attached hydrogens (primary N) is 1. The Bertz CT molecular complexity index is 531. The molecule has 1 aliphatic heterocycles. The van der Waals surface area contributed by atoms with E-state index in [-0.39, 0.29) is 11.6 Å². The summed E-state index contributed by atoms with van der Waals surface area (Å²) in [6.45, 7) is 8.96.